The monoisotopic (exact) mass is 444 g/mol. The third-order valence-corrected chi connectivity index (χ3v) is 7.09. The van der Waals surface area contributed by atoms with Crippen LogP contribution in [0.1, 0.15) is 108 Å². The molecule has 0 aliphatic heterocycles. The van der Waals surface area contributed by atoms with Crippen molar-refractivity contribution in [1.29, 1.82) is 0 Å². The van der Waals surface area contributed by atoms with Crippen molar-refractivity contribution in [3.63, 3.8) is 0 Å². The topological polar surface area (TPSA) is 39.4 Å². The van der Waals surface area contributed by atoms with E-state index in [-0.39, 0.29) is 17.1 Å². The summed E-state index contributed by atoms with van der Waals surface area (Å²) in [6, 6.07) is 5.59. The van der Waals surface area contributed by atoms with Crippen LogP contribution in [-0.2, 0) is 11.2 Å². The molecule has 0 spiro atoms. The normalized spacial score (nSPS) is 19.0. The Labute approximate surface area is 192 Å². The first-order valence-electron chi connectivity index (χ1n) is 13.0. The third kappa shape index (κ3) is 6.91. The van der Waals surface area contributed by atoms with E-state index >= 15 is 4.39 Å². The van der Waals surface area contributed by atoms with Crippen molar-refractivity contribution < 1.29 is 13.5 Å². The molecule has 32 heavy (non-hydrogen) atoms. The fourth-order valence-electron chi connectivity index (χ4n) is 5.07. The lowest BCUT2D eigenvalue weighted by Crippen LogP contribution is -2.15. The zero-order valence-electron chi connectivity index (χ0n) is 20.1. The molecule has 178 valence electrons. The molecule has 1 aliphatic carbocycles. The van der Waals surface area contributed by atoms with E-state index in [0.29, 0.717) is 36.3 Å². The van der Waals surface area contributed by atoms with Crippen LogP contribution >= 0.6 is 0 Å². The number of benzene rings is 1. The highest BCUT2D eigenvalue weighted by Crippen LogP contribution is 2.39. The lowest BCUT2D eigenvalue weighted by atomic mass is 9.76. The lowest BCUT2D eigenvalue weighted by Gasteiger charge is -2.29. The molecule has 0 amide bonds. The Morgan fingerprint density at radius 1 is 0.969 bits per heavy atom. The molecule has 4 heteroatoms. The van der Waals surface area contributed by atoms with Gasteiger partial charge in [-0.1, -0.05) is 70.9 Å². The van der Waals surface area contributed by atoms with Crippen molar-refractivity contribution in [3.8, 4) is 0 Å². The summed E-state index contributed by atoms with van der Waals surface area (Å²) in [5.74, 6) is 1.18. The summed E-state index contributed by atoms with van der Waals surface area (Å²) < 4.78 is 26.4. The number of rotatable bonds is 13. The molecular formula is C28H41FO3. The smallest absolute Gasteiger partial charge is 0.346 e. The molecule has 1 aliphatic rings. The van der Waals surface area contributed by atoms with Gasteiger partial charge in [0.05, 0.1) is 6.61 Å². The van der Waals surface area contributed by atoms with E-state index < -0.39 is 5.63 Å². The van der Waals surface area contributed by atoms with E-state index in [2.05, 4.69) is 13.8 Å². The highest BCUT2D eigenvalue weighted by Gasteiger charge is 2.25. The lowest BCUT2D eigenvalue weighted by molar-refractivity contribution is 0.130. The van der Waals surface area contributed by atoms with Crippen LogP contribution < -0.4 is 5.63 Å². The molecule has 1 aromatic heterocycles. The van der Waals surface area contributed by atoms with Gasteiger partial charge in [0, 0.05) is 13.0 Å². The molecule has 0 atom stereocenters. The standard InChI is InChI=1S/C28H41FO3/c1-3-5-7-8-9-10-21-11-13-22(14-12-21)25-16-15-23-20-24(17-19-31-18-6-4-2)32-28(30)26(23)27(25)29/h15-16,20-22H,3-14,17-19H2,1-2H3. The summed E-state index contributed by atoms with van der Waals surface area (Å²) in [4.78, 5) is 12.6. The first kappa shape index (κ1) is 25.0. The molecule has 0 bridgehead atoms. The second-order valence-electron chi connectivity index (χ2n) is 9.57. The molecule has 1 heterocycles. The summed E-state index contributed by atoms with van der Waals surface area (Å²) in [5.41, 5.74) is 0.132. The average Bonchev–Trinajstić information content (AvgIpc) is 2.79. The van der Waals surface area contributed by atoms with Gasteiger partial charge in [0.2, 0.25) is 0 Å². The molecule has 2 aromatic rings. The maximum atomic E-state index is 15.4. The SMILES string of the molecule is CCCCCCCC1CCC(c2ccc3cc(CCOCCCC)oc(=O)c3c2F)CC1. The van der Waals surface area contributed by atoms with E-state index in [9.17, 15) is 4.79 Å². The predicted molar refractivity (Wildman–Crippen MR) is 130 cm³/mol. The zero-order chi connectivity index (χ0) is 22.8. The van der Waals surface area contributed by atoms with Gasteiger partial charge < -0.3 is 9.15 Å². The van der Waals surface area contributed by atoms with Gasteiger partial charge >= 0.3 is 5.63 Å². The number of hydrogen-bond donors (Lipinski definition) is 0. The third-order valence-electron chi connectivity index (χ3n) is 7.09. The number of fused-ring (bicyclic) bond motifs is 1. The Morgan fingerprint density at radius 2 is 1.72 bits per heavy atom. The fraction of sp³-hybridized carbons (Fsp3) is 0.679. The van der Waals surface area contributed by atoms with E-state index in [1.807, 2.05) is 12.1 Å². The predicted octanol–water partition coefficient (Wildman–Crippen LogP) is 7.93. The number of unbranched alkanes of at least 4 members (excludes halogenated alkanes) is 5. The number of halogens is 1. The van der Waals surface area contributed by atoms with Crippen LogP contribution in [0.5, 0.6) is 0 Å². The highest BCUT2D eigenvalue weighted by atomic mass is 19.1. The summed E-state index contributed by atoms with van der Waals surface area (Å²) in [6.45, 7) is 5.60. The van der Waals surface area contributed by atoms with E-state index in [1.54, 1.807) is 6.07 Å². The Morgan fingerprint density at radius 3 is 2.47 bits per heavy atom. The largest absolute Gasteiger partial charge is 0.427 e. The van der Waals surface area contributed by atoms with Crippen LogP contribution in [0.4, 0.5) is 4.39 Å². The fourth-order valence-corrected chi connectivity index (χ4v) is 5.07. The second kappa shape index (κ2) is 13.1. The van der Waals surface area contributed by atoms with E-state index in [0.717, 1.165) is 31.6 Å². The quantitative estimate of drug-likeness (QED) is 0.294. The van der Waals surface area contributed by atoms with Gasteiger partial charge in [0.1, 0.15) is 17.0 Å². The molecule has 0 unspecified atom stereocenters. The van der Waals surface area contributed by atoms with Crippen molar-refractivity contribution in [2.75, 3.05) is 13.2 Å². The Hall–Kier alpha value is -1.68. The second-order valence-corrected chi connectivity index (χ2v) is 9.57. The maximum absolute atomic E-state index is 15.4. The first-order chi connectivity index (χ1) is 15.6. The Bertz CT molecular complexity index is 880. The van der Waals surface area contributed by atoms with Gasteiger partial charge in [-0.3, -0.25) is 0 Å². The van der Waals surface area contributed by atoms with Crippen molar-refractivity contribution in [1.82, 2.24) is 0 Å². The molecular weight excluding hydrogens is 403 g/mol. The summed E-state index contributed by atoms with van der Waals surface area (Å²) in [5, 5.41) is 0.739. The van der Waals surface area contributed by atoms with Gasteiger partial charge in [-0.05, 0) is 61.0 Å². The highest BCUT2D eigenvalue weighted by molar-refractivity contribution is 5.83. The summed E-state index contributed by atoms with van der Waals surface area (Å²) >= 11 is 0. The van der Waals surface area contributed by atoms with Crippen LogP contribution in [-0.4, -0.2) is 13.2 Å². The Balaban J connectivity index is 1.59. The summed E-state index contributed by atoms with van der Waals surface area (Å²) in [6.07, 6.45) is 15.0. The van der Waals surface area contributed by atoms with Crippen LogP contribution in [0.3, 0.4) is 0 Å². The molecule has 1 aromatic carbocycles. The summed E-state index contributed by atoms with van der Waals surface area (Å²) in [7, 11) is 0. The maximum Gasteiger partial charge on any atom is 0.346 e. The van der Waals surface area contributed by atoms with Gasteiger partial charge in [-0.15, -0.1) is 0 Å². The minimum atomic E-state index is -0.564. The van der Waals surface area contributed by atoms with Gasteiger partial charge in [0.15, 0.2) is 0 Å². The van der Waals surface area contributed by atoms with Crippen molar-refractivity contribution >= 4 is 10.8 Å². The van der Waals surface area contributed by atoms with Gasteiger partial charge in [-0.25, -0.2) is 9.18 Å². The van der Waals surface area contributed by atoms with Crippen LogP contribution in [0.15, 0.2) is 27.4 Å². The Kier molecular flexibility index (Phi) is 10.2. The molecule has 3 nitrogen and oxygen atoms in total. The van der Waals surface area contributed by atoms with E-state index in [4.69, 9.17) is 9.15 Å². The van der Waals surface area contributed by atoms with Crippen LogP contribution in [0, 0.1) is 11.7 Å². The molecule has 3 rings (SSSR count). The molecule has 0 radical (unpaired) electrons. The minimum Gasteiger partial charge on any atom is -0.427 e. The molecule has 0 saturated heterocycles. The van der Waals surface area contributed by atoms with Gasteiger partial charge in [-0.2, -0.15) is 0 Å². The number of ether oxygens (including phenoxy) is 1. The van der Waals surface area contributed by atoms with Crippen molar-refractivity contribution in [2.24, 2.45) is 5.92 Å². The molecule has 1 saturated carbocycles. The first-order valence-corrected chi connectivity index (χ1v) is 13.0. The van der Waals surface area contributed by atoms with E-state index in [1.165, 1.54) is 51.4 Å². The zero-order valence-corrected chi connectivity index (χ0v) is 20.1. The molecule has 0 N–H and O–H groups in total. The van der Waals surface area contributed by atoms with Crippen LogP contribution in [0.25, 0.3) is 10.8 Å². The van der Waals surface area contributed by atoms with Crippen molar-refractivity contribution in [3.05, 3.63) is 45.8 Å². The van der Waals surface area contributed by atoms with Crippen molar-refractivity contribution in [2.45, 2.75) is 103 Å². The average molecular weight is 445 g/mol. The number of hydrogen-bond acceptors (Lipinski definition) is 3. The molecule has 1 fully saturated rings. The van der Waals surface area contributed by atoms with Crippen LogP contribution in [0.2, 0.25) is 0 Å². The van der Waals surface area contributed by atoms with Gasteiger partial charge in [0.25, 0.3) is 0 Å². The minimum absolute atomic E-state index is 0.108.